The third kappa shape index (κ3) is 2.55. The van der Waals surface area contributed by atoms with Crippen LogP contribution < -0.4 is 5.32 Å². The van der Waals surface area contributed by atoms with E-state index in [1.165, 1.54) is 19.3 Å². The molecule has 2 aliphatic rings. The second-order valence-electron chi connectivity index (χ2n) is 6.33. The maximum atomic E-state index is 13.7. The zero-order chi connectivity index (χ0) is 13.4. The summed E-state index contributed by atoms with van der Waals surface area (Å²) in [5, 5.41) is 3.66. The molecule has 3 rings (SSSR count). The van der Waals surface area contributed by atoms with Crippen LogP contribution in [0.4, 0.5) is 4.39 Å². The van der Waals surface area contributed by atoms with Gasteiger partial charge in [-0.1, -0.05) is 19.4 Å². The van der Waals surface area contributed by atoms with Crippen LogP contribution in [0.5, 0.6) is 0 Å². The number of hydrogen-bond donors (Lipinski definition) is 1. The van der Waals surface area contributed by atoms with Crippen LogP contribution in [0, 0.1) is 30.5 Å². The second kappa shape index (κ2) is 5.24. The third-order valence-electron chi connectivity index (χ3n) is 4.90. The van der Waals surface area contributed by atoms with E-state index in [1.807, 2.05) is 6.92 Å². The quantitative estimate of drug-likeness (QED) is 0.836. The fourth-order valence-electron chi connectivity index (χ4n) is 4.09. The van der Waals surface area contributed by atoms with Gasteiger partial charge in [0, 0.05) is 6.04 Å². The highest BCUT2D eigenvalue weighted by atomic mass is 19.1. The molecule has 0 amide bonds. The number of hydrogen-bond acceptors (Lipinski definition) is 1. The molecule has 2 saturated carbocycles. The van der Waals surface area contributed by atoms with Crippen LogP contribution in [0.1, 0.15) is 49.8 Å². The highest BCUT2D eigenvalue weighted by Gasteiger charge is 2.55. The topological polar surface area (TPSA) is 12.0 Å². The van der Waals surface area contributed by atoms with E-state index >= 15 is 0 Å². The molecule has 0 aliphatic heterocycles. The number of benzene rings is 1. The Bertz CT molecular complexity index is 426. The molecule has 0 spiro atoms. The smallest absolute Gasteiger partial charge is 0.123 e. The van der Waals surface area contributed by atoms with Gasteiger partial charge in [-0.25, -0.2) is 4.39 Å². The molecule has 1 nitrogen and oxygen atoms in total. The van der Waals surface area contributed by atoms with Crippen molar-refractivity contribution >= 4 is 0 Å². The van der Waals surface area contributed by atoms with Crippen molar-refractivity contribution in [3.8, 4) is 0 Å². The maximum absolute atomic E-state index is 13.7. The first-order valence-electron chi connectivity index (χ1n) is 7.71. The maximum Gasteiger partial charge on any atom is 0.123 e. The predicted molar refractivity (Wildman–Crippen MR) is 76.5 cm³/mol. The zero-order valence-electron chi connectivity index (χ0n) is 12.0. The summed E-state index contributed by atoms with van der Waals surface area (Å²) >= 11 is 0. The lowest BCUT2D eigenvalue weighted by atomic mass is 9.95. The molecule has 2 aliphatic carbocycles. The molecule has 2 fully saturated rings. The minimum absolute atomic E-state index is 0.0934. The molecule has 1 aromatic carbocycles. The Morgan fingerprint density at radius 1 is 1.26 bits per heavy atom. The minimum atomic E-state index is -0.0934. The molecule has 1 aromatic rings. The molecule has 0 aromatic heterocycles. The molecule has 1 N–H and O–H groups in total. The summed E-state index contributed by atoms with van der Waals surface area (Å²) in [6.07, 6.45) is 5.29. The first kappa shape index (κ1) is 13.1. The summed E-state index contributed by atoms with van der Waals surface area (Å²) in [7, 11) is 0. The van der Waals surface area contributed by atoms with Gasteiger partial charge in [-0.05, 0) is 73.7 Å². The third-order valence-corrected chi connectivity index (χ3v) is 4.90. The van der Waals surface area contributed by atoms with E-state index in [0.29, 0.717) is 6.04 Å². The van der Waals surface area contributed by atoms with Crippen molar-refractivity contribution < 1.29 is 4.39 Å². The zero-order valence-corrected chi connectivity index (χ0v) is 12.0. The summed E-state index contributed by atoms with van der Waals surface area (Å²) in [4.78, 5) is 0. The van der Waals surface area contributed by atoms with E-state index < -0.39 is 0 Å². The van der Waals surface area contributed by atoms with Crippen molar-refractivity contribution in [1.82, 2.24) is 5.32 Å². The van der Waals surface area contributed by atoms with Crippen molar-refractivity contribution in [2.45, 2.75) is 45.6 Å². The molecular weight excluding hydrogens is 237 g/mol. The van der Waals surface area contributed by atoms with Gasteiger partial charge in [-0.3, -0.25) is 0 Å². The van der Waals surface area contributed by atoms with Crippen molar-refractivity contribution in [2.24, 2.45) is 17.8 Å². The molecule has 2 heteroatoms. The normalized spacial score (nSPS) is 30.2. The summed E-state index contributed by atoms with van der Waals surface area (Å²) in [5.74, 6) is 2.46. The Morgan fingerprint density at radius 2 is 2.00 bits per heavy atom. The van der Waals surface area contributed by atoms with Crippen molar-refractivity contribution in [2.75, 3.05) is 6.54 Å². The summed E-state index contributed by atoms with van der Waals surface area (Å²) in [6.45, 7) is 5.20. The van der Waals surface area contributed by atoms with E-state index in [4.69, 9.17) is 0 Å². The Kier molecular flexibility index (Phi) is 3.62. The lowest BCUT2D eigenvalue weighted by molar-refractivity contribution is 0.416. The lowest BCUT2D eigenvalue weighted by Crippen LogP contribution is -2.25. The van der Waals surface area contributed by atoms with Crippen molar-refractivity contribution in [1.29, 1.82) is 0 Å². The van der Waals surface area contributed by atoms with Gasteiger partial charge in [-0.2, -0.15) is 0 Å². The molecule has 0 radical (unpaired) electrons. The Labute approximate surface area is 115 Å². The first-order chi connectivity index (χ1) is 9.20. The van der Waals surface area contributed by atoms with Crippen LogP contribution in [-0.2, 0) is 0 Å². The molecule has 0 heterocycles. The Balaban J connectivity index is 1.82. The monoisotopic (exact) mass is 261 g/mol. The molecule has 104 valence electrons. The van der Waals surface area contributed by atoms with Crippen LogP contribution in [0.25, 0.3) is 0 Å². The average molecular weight is 261 g/mol. The minimum Gasteiger partial charge on any atom is -0.310 e. The van der Waals surface area contributed by atoms with Gasteiger partial charge in [0.25, 0.3) is 0 Å². The number of rotatable bonds is 5. The van der Waals surface area contributed by atoms with Gasteiger partial charge in [0.05, 0.1) is 0 Å². The second-order valence-corrected chi connectivity index (χ2v) is 6.33. The van der Waals surface area contributed by atoms with Crippen molar-refractivity contribution in [3.63, 3.8) is 0 Å². The average Bonchev–Trinajstić information content (AvgIpc) is 2.83. The predicted octanol–water partition coefficient (Wildman–Crippen LogP) is 4.22. The largest absolute Gasteiger partial charge is 0.310 e. The van der Waals surface area contributed by atoms with Crippen molar-refractivity contribution in [3.05, 3.63) is 35.1 Å². The molecule has 0 bridgehead atoms. The van der Waals surface area contributed by atoms with Gasteiger partial charge in [0.1, 0.15) is 5.82 Å². The standard InChI is InChI=1S/C17H24FN/c1-3-7-19-17(16-14-5-4-6-15(14)16)12-8-11(2)9-13(18)10-12/h8-10,14-17,19H,3-7H2,1-2H3. The highest BCUT2D eigenvalue weighted by molar-refractivity contribution is 5.29. The van der Waals surface area contributed by atoms with Crippen LogP contribution in [0.2, 0.25) is 0 Å². The van der Waals surface area contributed by atoms with Crippen LogP contribution >= 0.6 is 0 Å². The number of fused-ring (bicyclic) bond motifs is 1. The number of halogens is 1. The van der Waals surface area contributed by atoms with Crippen LogP contribution in [0.15, 0.2) is 18.2 Å². The summed E-state index contributed by atoms with van der Waals surface area (Å²) in [6, 6.07) is 5.87. The van der Waals surface area contributed by atoms with E-state index in [1.54, 1.807) is 12.1 Å². The molecule has 0 saturated heterocycles. The SMILES string of the molecule is CCCNC(c1cc(C)cc(F)c1)C1C2CCCC21. The van der Waals surface area contributed by atoms with E-state index in [-0.39, 0.29) is 5.82 Å². The summed E-state index contributed by atoms with van der Waals surface area (Å²) in [5.41, 5.74) is 2.19. The molecule has 3 unspecified atom stereocenters. The van der Waals surface area contributed by atoms with Gasteiger partial charge in [0.15, 0.2) is 0 Å². The molecule has 19 heavy (non-hydrogen) atoms. The number of aryl methyl sites for hydroxylation is 1. The number of nitrogens with one attached hydrogen (secondary N) is 1. The Morgan fingerprint density at radius 3 is 2.63 bits per heavy atom. The van der Waals surface area contributed by atoms with Crippen LogP contribution in [-0.4, -0.2) is 6.54 Å². The van der Waals surface area contributed by atoms with Gasteiger partial charge in [-0.15, -0.1) is 0 Å². The molecular formula is C17H24FN. The summed E-state index contributed by atoms with van der Waals surface area (Å²) < 4.78 is 13.7. The van der Waals surface area contributed by atoms with Gasteiger partial charge in [0.2, 0.25) is 0 Å². The van der Waals surface area contributed by atoms with Gasteiger partial charge >= 0.3 is 0 Å². The van der Waals surface area contributed by atoms with E-state index in [0.717, 1.165) is 41.8 Å². The van der Waals surface area contributed by atoms with E-state index in [9.17, 15) is 4.39 Å². The fourth-order valence-corrected chi connectivity index (χ4v) is 4.09. The molecule has 3 atom stereocenters. The van der Waals surface area contributed by atoms with Crippen LogP contribution in [0.3, 0.4) is 0 Å². The van der Waals surface area contributed by atoms with Gasteiger partial charge < -0.3 is 5.32 Å². The highest BCUT2D eigenvalue weighted by Crippen LogP contribution is 2.62. The fraction of sp³-hybridized carbons (Fsp3) is 0.647. The first-order valence-corrected chi connectivity index (χ1v) is 7.71. The van der Waals surface area contributed by atoms with E-state index in [2.05, 4.69) is 18.3 Å². The Hall–Kier alpha value is -0.890. The lowest BCUT2D eigenvalue weighted by Gasteiger charge is -2.21.